The van der Waals surface area contributed by atoms with Gasteiger partial charge in [-0.15, -0.1) is 0 Å². The van der Waals surface area contributed by atoms with Crippen LogP contribution in [0, 0.1) is 18.8 Å². The standard InChI is InChI=1S/C19H24.C2H4O.C2H6.CH5N/c1-5-15-11-17-8-12(2)9-18(17)14(4)19(15)10-13(3)16-6-7-16;1-2-3;2*1-2/h5,10-12,16H,1,6-9H2,2-4H3;2H,1H3;1-2H3;2H2,1H3/b13-10+;;;. The second-order valence-electron chi connectivity index (χ2n) is 6.76. The minimum absolute atomic E-state index is 0.750. The van der Waals surface area contributed by atoms with Crippen molar-refractivity contribution in [1.29, 1.82) is 0 Å². The van der Waals surface area contributed by atoms with Crippen molar-refractivity contribution < 1.29 is 4.79 Å². The third-order valence-corrected chi connectivity index (χ3v) is 4.82. The zero-order chi connectivity index (χ0) is 20.3. The highest BCUT2D eigenvalue weighted by Crippen LogP contribution is 2.39. The molecule has 1 unspecified atom stereocenters. The van der Waals surface area contributed by atoms with Gasteiger partial charge in [0.05, 0.1) is 0 Å². The molecular weight excluding hydrogens is 318 g/mol. The Balaban J connectivity index is 0.000000793. The van der Waals surface area contributed by atoms with E-state index in [1.54, 1.807) is 16.7 Å². The van der Waals surface area contributed by atoms with E-state index in [1.165, 1.54) is 56.3 Å². The summed E-state index contributed by atoms with van der Waals surface area (Å²) in [7, 11) is 1.50. The van der Waals surface area contributed by atoms with Crippen molar-refractivity contribution >= 4 is 18.4 Å². The molecule has 2 aliphatic carbocycles. The van der Waals surface area contributed by atoms with E-state index in [1.807, 2.05) is 19.9 Å². The lowest BCUT2D eigenvalue weighted by molar-refractivity contribution is -0.106. The summed E-state index contributed by atoms with van der Waals surface area (Å²) in [5.41, 5.74) is 13.5. The molecule has 2 N–H and O–H groups in total. The number of nitrogens with two attached hydrogens (primary N) is 1. The molecule has 3 rings (SSSR count). The average Bonchev–Trinajstić information content (AvgIpc) is 3.43. The maximum absolute atomic E-state index is 8.81. The van der Waals surface area contributed by atoms with E-state index in [2.05, 4.69) is 45.2 Å². The molecule has 0 saturated heterocycles. The molecule has 0 amide bonds. The summed E-state index contributed by atoms with van der Waals surface area (Å²) in [6.45, 7) is 16.4. The highest BCUT2D eigenvalue weighted by atomic mass is 16.1. The first-order valence-electron chi connectivity index (χ1n) is 9.95. The van der Waals surface area contributed by atoms with E-state index < -0.39 is 0 Å². The molecule has 2 heteroatoms. The Morgan fingerprint density at radius 3 is 2.23 bits per heavy atom. The minimum atomic E-state index is 0.750. The number of benzene rings is 1. The molecule has 0 spiro atoms. The van der Waals surface area contributed by atoms with Gasteiger partial charge in [0.15, 0.2) is 0 Å². The first-order chi connectivity index (χ1) is 12.5. The Labute approximate surface area is 161 Å². The van der Waals surface area contributed by atoms with Crippen molar-refractivity contribution in [3.05, 3.63) is 46.0 Å². The van der Waals surface area contributed by atoms with Crippen LogP contribution in [-0.4, -0.2) is 13.3 Å². The van der Waals surface area contributed by atoms with Gasteiger partial charge in [0, 0.05) is 0 Å². The lowest BCUT2D eigenvalue weighted by Gasteiger charge is -2.13. The summed E-state index contributed by atoms with van der Waals surface area (Å²) in [5, 5.41) is 0. The largest absolute Gasteiger partial charge is 0.333 e. The first kappa shape index (κ1) is 24.3. The Bertz CT molecular complexity index is 609. The van der Waals surface area contributed by atoms with Crippen molar-refractivity contribution in [3.8, 4) is 0 Å². The molecule has 1 saturated carbocycles. The number of rotatable bonds is 3. The lowest BCUT2D eigenvalue weighted by Crippen LogP contribution is -1.96. The number of hydrogen-bond acceptors (Lipinski definition) is 2. The van der Waals surface area contributed by atoms with Crippen molar-refractivity contribution in [1.82, 2.24) is 0 Å². The molecule has 0 radical (unpaired) electrons. The Morgan fingerprint density at radius 1 is 1.23 bits per heavy atom. The fourth-order valence-corrected chi connectivity index (χ4v) is 3.48. The summed E-state index contributed by atoms with van der Waals surface area (Å²) >= 11 is 0. The third kappa shape index (κ3) is 6.57. The van der Waals surface area contributed by atoms with Crippen LogP contribution < -0.4 is 5.73 Å². The van der Waals surface area contributed by atoms with Crippen molar-refractivity contribution in [2.45, 2.75) is 67.2 Å². The predicted octanol–water partition coefficient (Wildman–Crippen LogP) is 5.99. The minimum Gasteiger partial charge on any atom is -0.333 e. The highest BCUT2D eigenvalue weighted by Gasteiger charge is 2.25. The van der Waals surface area contributed by atoms with Gasteiger partial charge in [-0.2, -0.15) is 0 Å². The summed E-state index contributed by atoms with van der Waals surface area (Å²) in [6, 6.07) is 2.38. The molecule has 2 nitrogen and oxygen atoms in total. The van der Waals surface area contributed by atoms with Gasteiger partial charge >= 0.3 is 0 Å². The molecule has 0 bridgehead atoms. The molecule has 0 aliphatic heterocycles. The summed E-state index contributed by atoms with van der Waals surface area (Å²) in [4.78, 5) is 8.81. The second-order valence-corrected chi connectivity index (χ2v) is 6.76. The van der Waals surface area contributed by atoms with Crippen molar-refractivity contribution in [2.24, 2.45) is 17.6 Å². The number of hydrogen-bond donors (Lipinski definition) is 1. The van der Waals surface area contributed by atoms with Gasteiger partial charge in [0.25, 0.3) is 0 Å². The van der Waals surface area contributed by atoms with E-state index >= 15 is 0 Å². The fraction of sp³-hybridized carbons (Fsp3) is 0.542. The maximum Gasteiger partial charge on any atom is 0.116 e. The molecule has 1 aromatic rings. The van der Waals surface area contributed by atoms with E-state index in [0.29, 0.717) is 0 Å². The normalized spacial score (nSPS) is 17.4. The monoisotopic (exact) mass is 357 g/mol. The third-order valence-electron chi connectivity index (χ3n) is 4.82. The molecule has 26 heavy (non-hydrogen) atoms. The van der Waals surface area contributed by atoms with Crippen LogP contribution in [0.4, 0.5) is 0 Å². The topological polar surface area (TPSA) is 43.1 Å². The lowest BCUT2D eigenvalue weighted by atomic mass is 9.92. The molecular formula is C24H39NO. The molecule has 1 atom stereocenters. The summed E-state index contributed by atoms with van der Waals surface area (Å²) < 4.78 is 0. The zero-order valence-corrected chi connectivity index (χ0v) is 18.0. The molecule has 1 aromatic carbocycles. The highest BCUT2D eigenvalue weighted by molar-refractivity contribution is 5.71. The second kappa shape index (κ2) is 12.6. The number of fused-ring (bicyclic) bond motifs is 1. The van der Waals surface area contributed by atoms with Crippen LogP contribution in [0.5, 0.6) is 0 Å². The van der Waals surface area contributed by atoms with Gasteiger partial charge in [-0.05, 0) is 93.2 Å². The van der Waals surface area contributed by atoms with E-state index in [0.717, 1.165) is 18.1 Å². The number of aldehydes is 1. The van der Waals surface area contributed by atoms with Gasteiger partial charge < -0.3 is 10.5 Å². The zero-order valence-electron chi connectivity index (χ0n) is 18.0. The Hall–Kier alpha value is -1.67. The molecule has 2 aliphatic rings. The Kier molecular flexibility index (Phi) is 11.8. The Morgan fingerprint density at radius 2 is 1.77 bits per heavy atom. The molecule has 0 aromatic heterocycles. The predicted molar refractivity (Wildman–Crippen MR) is 117 cm³/mol. The van der Waals surface area contributed by atoms with Crippen LogP contribution in [0.1, 0.15) is 75.3 Å². The van der Waals surface area contributed by atoms with Crippen LogP contribution in [-0.2, 0) is 17.6 Å². The SMILES string of the molecule is C=Cc1cc2c(c(C)c1/C=C(\C)C1CC1)CC(C)C2.CC.CC=O.CN. The summed E-state index contributed by atoms with van der Waals surface area (Å²) in [5.74, 6) is 1.65. The molecule has 146 valence electrons. The quantitative estimate of drug-likeness (QED) is 0.675. The van der Waals surface area contributed by atoms with E-state index in [4.69, 9.17) is 4.79 Å². The van der Waals surface area contributed by atoms with E-state index in [-0.39, 0.29) is 0 Å². The van der Waals surface area contributed by atoms with Crippen molar-refractivity contribution in [2.75, 3.05) is 7.05 Å². The van der Waals surface area contributed by atoms with E-state index in [9.17, 15) is 0 Å². The van der Waals surface area contributed by atoms with Crippen LogP contribution in [0.25, 0.3) is 12.2 Å². The van der Waals surface area contributed by atoms with Crippen LogP contribution in [0.2, 0.25) is 0 Å². The number of carbonyl (C=O) groups is 1. The van der Waals surface area contributed by atoms with Crippen LogP contribution in [0.3, 0.4) is 0 Å². The fourth-order valence-electron chi connectivity index (χ4n) is 3.48. The van der Waals surface area contributed by atoms with Crippen LogP contribution in [0.15, 0.2) is 18.2 Å². The summed E-state index contributed by atoms with van der Waals surface area (Å²) in [6.07, 6.45) is 10.5. The van der Waals surface area contributed by atoms with Gasteiger partial charge in [-0.1, -0.05) is 51.1 Å². The van der Waals surface area contributed by atoms with Gasteiger partial charge in [0.2, 0.25) is 0 Å². The number of allylic oxidation sites excluding steroid dienone is 1. The van der Waals surface area contributed by atoms with Gasteiger partial charge in [-0.25, -0.2) is 0 Å². The smallest absolute Gasteiger partial charge is 0.116 e. The van der Waals surface area contributed by atoms with Gasteiger partial charge in [-0.3, -0.25) is 0 Å². The molecule has 1 fully saturated rings. The number of carbonyl (C=O) groups excluding carboxylic acids is 1. The maximum atomic E-state index is 8.81. The first-order valence-corrected chi connectivity index (χ1v) is 9.95. The van der Waals surface area contributed by atoms with Gasteiger partial charge in [0.1, 0.15) is 6.29 Å². The van der Waals surface area contributed by atoms with Crippen LogP contribution >= 0.6 is 0 Å². The molecule has 0 heterocycles. The van der Waals surface area contributed by atoms with Crippen molar-refractivity contribution in [3.63, 3.8) is 0 Å². The average molecular weight is 358 g/mol.